The van der Waals surface area contributed by atoms with E-state index >= 15 is 4.39 Å². The highest BCUT2D eigenvalue weighted by molar-refractivity contribution is 5.66. The van der Waals surface area contributed by atoms with Gasteiger partial charge < -0.3 is 19.0 Å². The average molecular weight is 496 g/mol. The second kappa shape index (κ2) is 9.22. The average Bonchev–Trinajstić information content (AvgIpc) is 3.41. The molecule has 2 aliphatic rings. The molecule has 0 unspecified atom stereocenters. The Kier molecular flexibility index (Phi) is 5.89. The molecule has 4 aromatic rings. The lowest BCUT2D eigenvalue weighted by molar-refractivity contribution is -0.0506. The third-order valence-electron chi connectivity index (χ3n) is 7.13. The zero-order valence-corrected chi connectivity index (χ0v) is 19.3. The van der Waals surface area contributed by atoms with Crippen molar-refractivity contribution in [2.24, 2.45) is 0 Å². The van der Waals surface area contributed by atoms with Crippen molar-refractivity contribution in [3.05, 3.63) is 83.3 Å². The molecule has 186 valence electrons. The van der Waals surface area contributed by atoms with E-state index in [1.807, 2.05) is 12.1 Å². The van der Waals surface area contributed by atoms with Gasteiger partial charge in [-0.05, 0) is 31.4 Å². The fraction of sp³-hybridized carbons (Fsp3) is 0.333. The Labute approximate surface area is 205 Å². The quantitative estimate of drug-likeness (QED) is 0.390. The number of hydrogen-bond acceptors (Lipinski definition) is 5. The van der Waals surface area contributed by atoms with Gasteiger partial charge in [-0.2, -0.15) is 8.78 Å². The topological polar surface area (TPSA) is 68.9 Å². The summed E-state index contributed by atoms with van der Waals surface area (Å²) in [5, 5.41) is 10.7. The van der Waals surface area contributed by atoms with Crippen molar-refractivity contribution in [2.45, 2.75) is 43.8 Å². The van der Waals surface area contributed by atoms with Crippen molar-refractivity contribution in [3.8, 4) is 16.9 Å². The number of imidazole rings is 1. The fourth-order valence-corrected chi connectivity index (χ4v) is 5.40. The number of pyridine rings is 2. The van der Waals surface area contributed by atoms with Gasteiger partial charge in [-0.15, -0.1) is 0 Å². The number of nitrogens with zero attached hydrogens (tertiary/aromatic N) is 3. The molecule has 1 aromatic carbocycles. The highest BCUT2D eigenvalue weighted by atomic mass is 19.3. The van der Waals surface area contributed by atoms with Crippen LogP contribution < -0.4 is 4.74 Å². The zero-order valence-electron chi connectivity index (χ0n) is 19.3. The summed E-state index contributed by atoms with van der Waals surface area (Å²) in [6, 6.07) is 11.6. The predicted molar refractivity (Wildman–Crippen MR) is 126 cm³/mol. The summed E-state index contributed by atoms with van der Waals surface area (Å²) in [6.07, 6.45) is 4.49. The Morgan fingerprint density at radius 3 is 2.67 bits per heavy atom. The molecule has 6 nitrogen and oxygen atoms in total. The first-order chi connectivity index (χ1) is 17.5. The summed E-state index contributed by atoms with van der Waals surface area (Å²) in [5.41, 5.74) is 3.82. The van der Waals surface area contributed by atoms with E-state index in [1.54, 1.807) is 35.0 Å². The molecule has 0 saturated carbocycles. The minimum Gasteiger partial charge on any atom is -0.435 e. The van der Waals surface area contributed by atoms with Crippen LogP contribution in [0.2, 0.25) is 0 Å². The number of aliphatic hydroxyl groups excluding tert-OH is 1. The van der Waals surface area contributed by atoms with Crippen molar-refractivity contribution in [3.63, 3.8) is 0 Å². The van der Waals surface area contributed by atoms with Crippen molar-refractivity contribution >= 4 is 5.65 Å². The number of aromatic nitrogens is 3. The van der Waals surface area contributed by atoms with Gasteiger partial charge in [-0.1, -0.05) is 24.3 Å². The van der Waals surface area contributed by atoms with Crippen LogP contribution in [0.25, 0.3) is 16.8 Å². The number of para-hydroxylation sites is 1. The number of benzene rings is 1. The molecule has 1 aliphatic heterocycles. The monoisotopic (exact) mass is 495 g/mol. The molecule has 3 aromatic heterocycles. The smallest absolute Gasteiger partial charge is 0.387 e. The SMILES string of the molecule is O[C@@H]1C[C@H](c2ccccc2OC(F)F)c2c1nc1cc(F)c(-c3ccc(C4CCOCC4)nc3)cn21. The van der Waals surface area contributed by atoms with Crippen molar-refractivity contribution in [2.75, 3.05) is 13.2 Å². The van der Waals surface area contributed by atoms with Crippen molar-refractivity contribution < 1.29 is 27.8 Å². The second-order valence-electron chi connectivity index (χ2n) is 9.22. The van der Waals surface area contributed by atoms with Gasteiger partial charge in [0, 0.05) is 65.9 Å². The third kappa shape index (κ3) is 4.02. The summed E-state index contributed by atoms with van der Waals surface area (Å²) in [5.74, 6) is -0.538. The molecule has 1 fully saturated rings. The van der Waals surface area contributed by atoms with Gasteiger partial charge >= 0.3 is 6.61 Å². The van der Waals surface area contributed by atoms with Crippen LogP contribution >= 0.6 is 0 Å². The van der Waals surface area contributed by atoms with E-state index in [0.717, 1.165) is 18.5 Å². The third-order valence-corrected chi connectivity index (χ3v) is 7.13. The van der Waals surface area contributed by atoms with E-state index in [1.165, 1.54) is 12.1 Å². The van der Waals surface area contributed by atoms with Gasteiger partial charge in [0.05, 0.1) is 17.5 Å². The second-order valence-corrected chi connectivity index (χ2v) is 9.22. The van der Waals surface area contributed by atoms with Crippen molar-refractivity contribution in [1.29, 1.82) is 0 Å². The first-order valence-corrected chi connectivity index (χ1v) is 12.0. The predicted octanol–water partition coefficient (Wildman–Crippen LogP) is 5.60. The molecule has 1 aliphatic carbocycles. The summed E-state index contributed by atoms with van der Waals surface area (Å²) < 4.78 is 53.2. The molecule has 0 radical (unpaired) electrons. The molecular formula is C27H24F3N3O3. The van der Waals surface area contributed by atoms with Crippen LogP contribution in [0.1, 0.15) is 59.8 Å². The Balaban J connectivity index is 1.41. The number of ether oxygens (including phenoxy) is 2. The maximum Gasteiger partial charge on any atom is 0.387 e. The highest BCUT2D eigenvalue weighted by Gasteiger charge is 2.37. The van der Waals surface area contributed by atoms with Gasteiger partial charge in [0.2, 0.25) is 0 Å². The van der Waals surface area contributed by atoms with E-state index in [9.17, 15) is 13.9 Å². The number of hydrogen-bond donors (Lipinski definition) is 1. The maximum atomic E-state index is 15.2. The lowest BCUT2D eigenvalue weighted by atomic mass is 9.95. The Morgan fingerprint density at radius 2 is 1.92 bits per heavy atom. The molecule has 0 bridgehead atoms. The van der Waals surface area contributed by atoms with Gasteiger partial charge in [0.1, 0.15) is 17.2 Å². The standard InChI is InChI=1S/C27H24F3N3O3/c28-20-12-24-32-25-22(34)11-18(17-3-1-2-4-23(17)36-27(29)30)26(25)33(24)14-19(20)16-5-6-21(31-13-16)15-7-9-35-10-8-15/h1-6,12-15,18,22,27,34H,7-11H2/t18-,22-/m1/s1. The van der Waals surface area contributed by atoms with Gasteiger partial charge in [0.15, 0.2) is 0 Å². The van der Waals surface area contributed by atoms with E-state index < -0.39 is 24.5 Å². The lowest BCUT2D eigenvalue weighted by Crippen LogP contribution is -2.15. The molecule has 6 rings (SSSR count). The first-order valence-electron chi connectivity index (χ1n) is 12.0. The van der Waals surface area contributed by atoms with E-state index in [0.29, 0.717) is 52.9 Å². The van der Waals surface area contributed by atoms with Crippen LogP contribution in [0, 0.1) is 5.82 Å². The van der Waals surface area contributed by atoms with Crippen LogP contribution in [-0.4, -0.2) is 39.3 Å². The van der Waals surface area contributed by atoms with Gasteiger partial charge in [-0.25, -0.2) is 9.37 Å². The van der Waals surface area contributed by atoms with Crippen LogP contribution in [0.15, 0.2) is 54.9 Å². The Morgan fingerprint density at radius 1 is 1.11 bits per heavy atom. The molecule has 1 N–H and O–H groups in total. The zero-order chi connectivity index (χ0) is 24.8. The Hall–Kier alpha value is -3.43. The van der Waals surface area contributed by atoms with Crippen LogP contribution in [0.4, 0.5) is 13.2 Å². The molecule has 0 amide bonds. The summed E-state index contributed by atoms with van der Waals surface area (Å²) in [6.45, 7) is -1.55. The molecular weight excluding hydrogens is 471 g/mol. The summed E-state index contributed by atoms with van der Waals surface area (Å²) in [4.78, 5) is 9.07. The molecule has 36 heavy (non-hydrogen) atoms. The molecule has 4 heterocycles. The van der Waals surface area contributed by atoms with Gasteiger partial charge in [-0.3, -0.25) is 4.98 Å². The van der Waals surface area contributed by atoms with Crippen LogP contribution in [-0.2, 0) is 4.74 Å². The van der Waals surface area contributed by atoms with Gasteiger partial charge in [0.25, 0.3) is 0 Å². The number of rotatable bonds is 5. The number of aliphatic hydroxyl groups is 1. The normalized spacial score (nSPS) is 20.2. The molecule has 0 spiro atoms. The highest BCUT2D eigenvalue weighted by Crippen LogP contribution is 2.47. The largest absolute Gasteiger partial charge is 0.435 e. The summed E-state index contributed by atoms with van der Waals surface area (Å²) >= 11 is 0. The van der Waals surface area contributed by atoms with E-state index in [-0.39, 0.29) is 12.2 Å². The minimum absolute atomic E-state index is 0.0442. The Bertz CT molecular complexity index is 1400. The number of alkyl halides is 2. The number of fused-ring (bicyclic) bond motifs is 3. The maximum absolute atomic E-state index is 15.2. The van der Waals surface area contributed by atoms with E-state index in [2.05, 4.69) is 9.97 Å². The van der Waals surface area contributed by atoms with Crippen LogP contribution in [0.3, 0.4) is 0 Å². The lowest BCUT2D eigenvalue weighted by Gasteiger charge is -2.21. The van der Waals surface area contributed by atoms with Crippen LogP contribution in [0.5, 0.6) is 5.75 Å². The fourth-order valence-electron chi connectivity index (χ4n) is 5.40. The number of halogens is 3. The summed E-state index contributed by atoms with van der Waals surface area (Å²) in [7, 11) is 0. The van der Waals surface area contributed by atoms with E-state index in [4.69, 9.17) is 9.47 Å². The molecule has 1 saturated heterocycles. The van der Waals surface area contributed by atoms with Crippen molar-refractivity contribution in [1.82, 2.24) is 14.4 Å². The first kappa shape index (κ1) is 23.0. The minimum atomic E-state index is -2.98. The molecule has 9 heteroatoms. The molecule has 2 atom stereocenters.